The second kappa shape index (κ2) is 8.11. The van der Waals surface area contributed by atoms with Crippen molar-refractivity contribution in [3.63, 3.8) is 0 Å². The average Bonchev–Trinajstić information content (AvgIpc) is 2.69. The average molecular weight is 388 g/mol. The van der Waals surface area contributed by atoms with Crippen LogP contribution >= 0.6 is 11.6 Å². The third-order valence-electron chi connectivity index (χ3n) is 3.88. The van der Waals surface area contributed by atoms with E-state index in [-0.39, 0.29) is 17.3 Å². The maximum Gasteiger partial charge on any atom is 0.276 e. The number of halogens is 2. The molecule has 0 aliphatic heterocycles. The van der Waals surface area contributed by atoms with E-state index >= 15 is 0 Å². The number of carbonyl (C=O) groups excluding carboxylic acids is 1. The van der Waals surface area contributed by atoms with Crippen LogP contribution in [0.25, 0.3) is 5.69 Å². The van der Waals surface area contributed by atoms with E-state index in [9.17, 15) is 19.1 Å². The summed E-state index contributed by atoms with van der Waals surface area (Å²) in [5, 5.41) is 16.1. The van der Waals surface area contributed by atoms with Crippen LogP contribution in [0.2, 0.25) is 5.02 Å². The molecule has 0 spiro atoms. The first-order valence-electron chi connectivity index (χ1n) is 8.01. The van der Waals surface area contributed by atoms with Gasteiger partial charge in [-0.05, 0) is 23.8 Å². The molecule has 0 bridgehead atoms. The fourth-order valence-corrected chi connectivity index (χ4v) is 2.66. The predicted octanol–water partition coefficient (Wildman–Crippen LogP) is 2.49. The highest BCUT2D eigenvalue weighted by atomic mass is 35.5. The summed E-state index contributed by atoms with van der Waals surface area (Å²) in [7, 11) is 0. The van der Waals surface area contributed by atoms with Crippen molar-refractivity contribution in [1.82, 2.24) is 15.1 Å². The van der Waals surface area contributed by atoms with Crippen molar-refractivity contribution in [2.75, 3.05) is 6.61 Å². The molecule has 2 N–H and O–H groups in total. The summed E-state index contributed by atoms with van der Waals surface area (Å²) in [6.07, 6.45) is 1.35. The highest BCUT2D eigenvalue weighted by Crippen LogP contribution is 2.18. The number of hydrogen-bond donors (Lipinski definition) is 2. The summed E-state index contributed by atoms with van der Waals surface area (Å²) in [6.45, 7) is -0.343. The van der Waals surface area contributed by atoms with Crippen LogP contribution in [-0.2, 0) is 0 Å². The molecule has 1 amide bonds. The molecule has 0 aliphatic carbocycles. The smallest absolute Gasteiger partial charge is 0.276 e. The molecule has 6 nitrogen and oxygen atoms in total. The Labute approximate surface area is 158 Å². The number of benzene rings is 2. The predicted molar refractivity (Wildman–Crippen MR) is 98.5 cm³/mol. The van der Waals surface area contributed by atoms with E-state index in [1.807, 2.05) is 6.07 Å². The third-order valence-corrected chi connectivity index (χ3v) is 4.17. The summed E-state index contributed by atoms with van der Waals surface area (Å²) in [4.78, 5) is 24.6. The van der Waals surface area contributed by atoms with Crippen LogP contribution in [0, 0.1) is 5.82 Å². The van der Waals surface area contributed by atoms with Crippen molar-refractivity contribution < 1.29 is 14.3 Å². The van der Waals surface area contributed by atoms with Crippen LogP contribution in [0.4, 0.5) is 4.39 Å². The summed E-state index contributed by atoms with van der Waals surface area (Å²) >= 11 is 5.77. The first-order chi connectivity index (χ1) is 13.0. The molecule has 1 unspecified atom stereocenters. The first kappa shape index (κ1) is 18.8. The molecule has 0 saturated heterocycles. The van der Waals surface area contributed by atoms with Gasteiger partial charge >= 0.3 is 0 Å². The van der Waals surface area contributed by atoms with Crippen molar-refractivity contribution in [3.8, 4) is 5.69 Å². The van der Waals surface area contributed by atoms with Gasteiger partial charge in [-0.25, -0.2) is 9.07 Å². The standard InChI is InChI=1S/C19H15ClFN3O3/c20-14-10-13(6-7-15(14)21)24-9-8-17(26)18(23-24)19(27)22-16(11-25)12-4-2-1-3-5-12/h1-10,16,25H,11H2,(H,22,27). The zero-order chi connectivity index (χ0) is 19.4. The SMILES string of the molecule is O=C(NC(CO)c1ccccc1)c1nn(-c2ccc(F)c(Cl)c2)ccc1=O. The van der Waals surface area contributed by atoms with Crippen LogP contribution in [0.5, 0.6) is 0 Å². The first-order valence-corrected chi connectivity index (χ1v) is 8.39. The number of aliphatic hydroxyl groups is 1. The second-order valence-corrected chi connectivity index (χ2v) is 6.10. The van der Waals surface area contributed by atoms with Crippen LogP contribution in [-0.4, -0.2) is 27.4 Å². The van der Waals surface area contributed by atoms with Gasteiger partial charge in [0, 0.05) is 12.3 Å². The van der Waals surface area contributed by atoms with Crippen LogP contribution < -0.4 is 10.7 Å². The molecule has 8 heteroatoms. The number of hydrogen-bond acceptors (Lipinski definition) is 4. The topological polar surface area (TPSA) is 84.2 Å². The third kappa shape index (κ3) is 4.21. The Morgan fingerprint density at radius 2 is 1.96 bits per heavy atom. The zero-order valence-electron chi connectivity index (χ0n) is 14.0. The maximum atomic E-state index is 13.3. The number of carbonyl (C=O) groups is 1. The molecule has 138 valence electrons. The van der Waals surface area contributed by atoms with E-state index in [2.05, 4.69) is 10.4 Å². The molecule has 3 rings (SSSR count). The van der Waals surface area contributed by atoms with Crippen molar-refractivity contribution in [2.24, 2.45) is 0 Å². The summed E-state index contributed by atoms with van der Waals surface area (Å²) < 4.78 is 14.6. The van der Waals surface area contributed by atoms with Gasteiger partial charge in [-0.2, -0.15) is 5.10 Å². The van der Waals surface area contributed by atoms with Crippen LogP contribution in [0.1, 0.15) is 22.1 Å². The molecule has 0 fully saturated rings. The molecule has 1 heterocycles. The zero-order valence-corrected chi connectivity index (χ0v) is 14.7. The molecule has 0 aliphatic rings. The number of aliphatic hydroxyl groups excluding tert-OH is 1. The molecule has 0 radical (unpaired) electrons. The van der Waals surface area contributed by atoms with Gasteiger partial charge in [0.05, 0.1) is 23.4 Å². The Balaban J connectivity index is 1.90. The Kier molecular flexibility index (Phi) is 5.63. The lowest BCUT2D eigenvalue weighted by Crippen LogP contribution is -2.35. The quantitative estimate of drug-likeness (QED) is 0.704. The Bertz CT molecular complexity index is 1020. The fourth-order valence-electron chi connectivity index (χ4n) is 2.48. The van der Waals surface area contributed by atoms with Gasteiger partial charge in [-0.15, -0.1) is 0 Å². The molecule has 1 atom stereocenters. The van der Waals surface area contributed by atoms with Crippen LogP contribution in [0.3, 0.4) is 0 Å². The Hall–Kier alpha value is -3.03. The number of nitrogens with zero attached hydrogens (tertiary/aromatic N) is 2. The van der Waals surface area contributed by atoms with Crippen molar-refractivity contribution in [3.05, 3.63) is 93.1 Å². The van der Waals surface area contributed by atoms with Gasteiger partial charge in [-0.3, -0.25) is 9.59 Å². The van der Waals surface area contributed by atoms with Gasteiger partial charge in [0.1, 0.15) is 5.82 Å². The Morgan fingerprint density at radius 3 is 2.63 bits per heavy atom. The number of rotatable bonds is 5. The molecule has 1 aromatic heterocycles. The number of amides is 1. The molecule has 27 heavy (non-hydrogen) atoms. The minimum absolute atomic E-state index is 0.108. The van der Waals surface area contributed by atoms with Gasteiger partial charge < -0.3 is 10.4 Å². The monoisotopic (exact) mass is 387 g/mol. The van der Waals surface area contributed by atoms with Gasteiger partial charge in [0.15, 0.2) is 5.69 Å². The molecule has 3 aromatic rings. The highest BCUT2D eigenvalue weighted by molar-refractivity contribution is 6.30. The van der Waals surface area contributed by atoms with E-state index in [0.717, 1.165) is 6.07 Å². The lowest BCUT2D eigenvalue weighted by molar-refractivity contribution is 0.0908. The lowest BCUT2D eigenvalue weighted by atomic mass is 10.1. The van der Waals surface area contributed by atoms with Crippen molar-refractivity contribution in [1.29, 1.82) is 0 Å². The van der Waals surface area contributed by atoms with Gasteiger partial charge in [0.2, 0.25) is 5.43 Å². The molecular formula is C19H15ClFN3O3. The lowest BCUT2D eigenvalue weighted by Gasteiger charge is -2.16. The van der Waals surface area contributed by atoms with E-state index in [1.165, 1.54) is 29.1 Å². The van der Waals surface area contributed by atoms with E-state index in [1.54, 1.807) is 24.3 Å². The maximum absolute atomic E-state index is 13.3. The molecule has 2 aromatic carbocycles. The number of nitrogens with one attached hydrogen (secondary N) is 1. The van der Waals surface area contributed by atoms with Gasteiger partial charge in [0.25, 0.3) is 5.91 Å². The summed E-state index contributed by atoms with van der Waals surface area (Å²) in [5.41, 5.74) is 0.140. The van der Waals surface area contributed by atoms with E-state index in [4.69, 9.17) is 11.6 Å². The summed E-state index contributed by atoms with van der Waals surface area (Å²) in [6, 6.07) is 13.3. The molecule has 0 saturated carbocycles. The van der Waals surface area contributed by atoms with Gasteiger partial charge in [-0.1, -0.05) is 41.9 Å². The fraction of sp³-hybridized carbons (Fsp3) is 0.105. The van der Waals surface area contributed by atoms with Crippen molar-refractivity contribution in [2.45, 2.75) is 6.04 Å². The minimum atomic E-state index is -0.731. The molecular weight excluding hydrogens is 373 g/mol. The number of aromatic nitrogens is 2. The van der Waals surface area contributed by atoms with Crippen molar-refractivity contribution >= 4 is 17.5 Å². The normalized spacial score (nSPS) is 11.8. The van der Waals surface area contributed by atoms with Crippen LogP contribution in [0.15, 0.2) is 65.6 Å². The van der Waals surface area contributed by atoms with E-state index in [0.29, 0.717) is 11.3 Å². The second-order valence-electron chi connectivity index (χ2n) is 5.69. The largest absolute Gasteiger partial charge is 0.394 e. The van der Waals surface area contributed by atoms with E-state index < -0.39 is 23.2 Å². The highest BCUT2D eigenvalue weighted by Gasteiger charge is 2.19. The minimum Gasteiger partial charge on any atom is -0.394 e. The Morgan fingerprint density at radius 1 is 1.22 bits per heavy atom. The summed E-state index contributed by atoms with van der Waals surface area (Å²) in [5.74, 6) is -1.32.